The molecular formula is C16H12F2N6. The molecule has 0 aliphatic heterocycles. The molecule has 0 aliphatic rings. The molecule has 0 unspecified atom stereocenters. The fraction of sp³-hybridized carbons (Fsp3) is 0.125. The number of nitrogens with zero attached hydrogens (tertiary/aromatic N) is 5. The fourth-order valence-corrected chi connectivity index (χ4v) is 2.56. The van der Waals surface area contributed by atoms with Crippen LogP contribution in [0.25, 0.3) is 22.6 Å². The molecule has 0 saturated heterocycles. The molecule has 0 aliphatic carbocycles. The minimum atomic E-state index is -0.499. The van der Waals surface area contributed by atoms with Gasteiger partial charge in [0.1, 0.15) is 23.2 Å². The zero-order valence-electron chi connectivity index (χ0n) is 12.7. The maximum atomic E-state index is 13.9. The second-order valence-electron chi connectivity index (χ2n) is 5.36. The second kappa shape index (κ2) is 5.48. The topological polar surface area (TPSA) is 72.3 Å². The summed E-state index contributed by atoms with van der Waals surface area (Å²) in [4.78, 5) is 8.58. The first-order chi connectivity index (χ1) is 11.6. The predicted molar refractivity (Wildman–Crippen MR) is 83.1 cm³/mol. The minimum absolute atomic E-state index is 0.0561. The van der Waals surface area contributed by atoms with Gasteiger partial charge in [-0.3, -0.25) is 5.10 Å². The number of halogens is 2. The first kappa shape index (κ1) is 14.4. The molecule has 0 atom stereocenters. The van der Waals surface area contributed by atoms with Crippen LogP contribution in [-0.2, 0) is 6.54 Å². The molecule has 0 spiro atoms. The van der Waals surface area contributed by atoms with Gasteiger partial charge in [-0.25, -0.2) is 23.4 Å². The Morgan fingerprint density at radius 1 is 1.21 bits per heavy atom. The minimum Gasteiger partial charge on any atom is -0.263 e. The SMILES string of the molecule is Cc1nc(-c2nn(Cc3cc(F)ccc3F)c3ncccc23)n[nH]1. The van der Waals surface area contributed by atoms with Gasteiger partial charge in [0.25, 0.3) is 0 Å². The van der Waals surface area contributed by atoms with E-state index in [1.54, 1.807) is 19.2 Å². The lowest BCUT2D eigenvalue weighted by Gasteiger charge is -2.04. The van der Waals surface area contributed by atoms with Crippen molar-refractivity contribution in [3.05, 3.63) is 59.6 Å². The Balaban J connectivity index is 1.86. The number of aryl methyl sites for hydroxylation is 1. The summed E-state index contributed by atoms with van der Waals surface area (Å²) >= 11 is 0. The van der Waals surface area contributed by atoms with Gasteiger partial charge in [0.05, 0.1) is 11.9 Å². The Morgan fingerprint density at radius 2 is 2.08 bits per heavy atom. The number of nitrogens with one attached hydrogen (secondary N) is 1. The molecular weight excluding hydrogens is 314 g/mol. The van der Waals surface area contributed by atoms with Crippen molar-refractivity contribution in [2.24, 2.45) is 0 Å². The highest BCUT2D eigenvalue weighted by molar-refractivity contribution is 5.89. The number of pyridine rings is 1. The summed E-state index contributed by atoms with van der Waals surface area (Å²) < 4.78 is 28.9. The summed E-state index contributed by atoms with van der Waals surface area (Å²) in [6, 6.07) is 6.96. The molecule has 4 rings (SSSR count). The van der Waals surface area contributed by atoms with Gasteiger partial charge in [-0.05, 0) is 37.3 Å². The summed E-state index contributed by atoms with van der Waals surface area (Å²) in [5.74, 6) is 0.101. The highest BCUT2D eigenvalue weighted by Crippen LogP contribution is 2.25. The molecule has 0 fully saturated rings. The van der Waals surface area contributed by atoms with Gasteiger partial charge in [0.2, 0.25) is 5.82 Å². The van der Waals surface area contributed by atoms with E-state index in [-0.39, 0.29) is 12.1 Å². The molecule has 1 aromatic carbocycles. The zero-order chi connectivity index (χ0) is 16.7. The van der Waals surface area contributed by atoms with Crippen LogP contribution in [0.5, 0.6) is 0 Å². The van der Waals surface area contributed by atoms with Crippen LogP contribution in [0.3, 0.4) is 0 Å². The first-order valence-corrected chi connectivity index (χ1v) is 7.26. The number of aromatic nitrogens is 6. The number of hydrogen-bond acceptors (Lipinski definition) is 4. The van der Waals surface area contributed by atoms with Crippen molar-refractivity contribution in [3.63, 3.8) is 0 Å². The third kappa shape index (κ3) is 2.41. The maximum absolute atomic E-state index is 13.9. The maximum Gasteiger partial charge on any atom is 0.202 e. The highest BCUT2D eigenvalue weighted by atomic mass is 19.1. The Kier molecular flexibility index (Phi) is 3.30. The molecule has 0 bridgehead atoms. The van der Waals surface area contributed by atoms with E-state index in [1.165, 1.54) is 4.68 Å². The highest BCUT2D eigenvalue weighted by Gasteiger charge is 2.17. The van der Waals surface area contributed by atoms with E-state index < -0.39 is 11.6 Å². The summed E-state index contributed by atoms with van der Waals surface area (Å²) in [7, 11) is 0. The number of aromatic amines is 1. The fourth-order valence-electron chi connectivity index (χ4n) is 2.56. The third-order valence-corrected chi connectivity index (χ3v) is 3.64. The van der Waals surface area contributed by atoms with Crippen LogP contribution in [0, 0.1) is 18.6 Å². The predicted octanol–water partition coefficient (Wildman–Crippen LogP) is 2.85. The van der Waals surface area contributed by atoms with Gasteiger partial charge < -0.3 is 0 Å². The molecule has 24 heavy (non-hydrogen) atoms. The van der Waals surface area contributed by atoms with Crippen LogP contribution >= 0.6 is 0 Å². The molecule has 1 N–H and O–H groups in total. The average Bonchev–Trinajstić information content (AvgIpc) is 3.15. The van der Waals surface area contributed by atoms with E-state index in [4.69, 9.17) is 0 Å². The molecule has 8 heteroatoms. The van der Waals surface area contributed by atoms with Gasteiger partial charge in [0.15, 0.2) is 5.65 Å². The Bertz CT molecular complexity index is 1040. The van der Waals surface area contributed by atoms with Crippen molar-refractivity contribution < 1.29 is 8.78 Å². The lowest BCUT2D eigenvalue weighted by Crippen LogP contribution is -2.05. The monoisotopic (exact) mass is 326 g/mol. The van der Waals surface area contributed by atoms with E-state index in [1.807, 2.05) is 6.07 Å². The summed E-state index contributed by atoms with van der Waals surface area (Å²) in [5.41, 5.74) is 1.29. The number of benzene rings is 1. The van der Waals surface area contributed by atoms with E-state index in [9.17, 15) is 8.78 Å². The number of hydrogen-bond donors (Lipinski definition) is 1. The zero-order valence-corrected chi connectivity index (χ0v) is 12.7. The Labute approximate surface area is 135 Å². The van der Waals surface area contributed by atoms with Crippen molar-refractivity contribution in [2.75, 3.05) is 0 Å². The van der Waals surface area contributed by atoms with Crippen molar-refractivity contribution in [1.29, 1.82) is 0 Å². The van der Waals surface area contributed by atoms with Crippen LogP contribution < -0.4 is 0 Å². The van der Waals surface area contributed by atoms with Gasteiger partial charge >= 0.3 is 0 Å². The quantitative estimate of drug-likeness (QED) is 0.628. The van der Waals surface area contributed by atoms with Crippen molar-refractivity contribution in [3.8, 4) is 11.5 Å². The Hall–Kier alpha value is -3.16. The average molecular weight is 326 g/mol. The summed E-state index contributed by atoms with van der Waals surface area (Å²) in [6.45, 7) is 1.84. The first-order valence-electron chi connectivity index (χ1n) is 7.26. The van der Waals surface area contributed by atoms with Crippen molar-refractivity contribution in [1.82, 2.24) is 29.9 Å². The molecule has 120 valence electrons. The van der Waals surface area contributed by atoms with Crippen LogP contribution in [0.2, 0.25) is 0 Å². The van der Waals surface area contributed by atoms with Gasteiger partial charge in [-0.1, -0.05) is 0 Å². The van der Waals surface area contributed by atoms with E-state index >= 15 is 0 Å². The van der Waals surface area contributed by atoms with Gasteiger partial charge in [0, 0.05) is 11.8 Å². The lowest BCUT2D eigenvalue weighted by atomic mass is 10.2. The van der Waals surface area contributed by atoms with Gasteiger partial charge in [-0.15, -0.1) is 0 Å². The van der Waals surface area contributed by atoms with E-state index in [2.05, 4.69) is 25.3 Å². The normalized spacial score (nSPS) is 11.3. The van der Waals surface area contributed by atoms with Crippen LogP contribution in [0.1, 0.15) is 11.4 Å². The van der Waals surface area contributed by atoms with Crippen LogP contribution in [0.4, 0.5) is 8.78 Å². The smallest absolute Gasteiger partial charge is 0.202 e. The molecule has 0 saturated carbocycles. The third-order valence-electron chi connectivity index (χ3n) is 3.64. The standard InChI is InChI=1S/C16H12F2N6/c1-9-20-15(22-21-9)14-12-3-2-6-19-16(12)24(23-14)8-10-7-11(17)4-5-13(10)18/h2-7H,8H2,1H3,(H,20,21,22). The molecule has 0 radical (unpaired) electrons. The number of rotatable bonds is 3. The molecule has 6 nitrogen and oxygen atoms in total. The van der Waals surface area contributed by atoms with Crippen LogP contribution in [0.15, 0.2) is 36.5 Å². The summed E-state index contributed by atoms with van der Waals surface area (Å²) in [5, 5.41) is 12.1. The molecule has 0 amide bonds. The number of fused-ring (bicyclic) bond motifs is 1. The Morgan fingerprint density at radius 3 is 2.88 bits per heavy atom. The van der Waals surface area contributed by atoms with E-state index in [0.717, 1.165) is 23.6 Å². The number of H-pyrrole nitrogens is 1. The molecule has 4 aromatic rings. The van der Waals surface area contributed by atoms with Gasteiger partial charge in [-0.2, -0.15) is 10.2 Å². The summed E-state index contributed by atoms with van der Waals surface area (Å²) in [6.07, 6.45) is 1.62. The largest absolute Gasteiger partial charge is 0.263 e. The molecule has 3 aromatic heterocycles. The second-order valence-corrected chi connectivity index (χ2v) is 5.36. The van der Waals surface area contributed by atoms with E-state index in [0.29, 0.717) is 23.0 Å². The van der Waals surface area contributed by atoms with Crippen molar-refractivity contribution in [2.45, 2.75) is 13.5 Å². The van der Waals surface area contributed by atoms with Crippen LogP contribution in [-0.4, -0.2) is 29.9 Å². The molecule has 3 heterocycles. The van der Waals surface area contributed by atoms with Crippen molar-refractivity contribution >= 4 is 11.0 Å². The lowest BCUT2D eigenvalue weighted by molar-refractivity contribution is 0.569.